The number of carbonyl (C=O) groups excluding carboxylic acids is 1. The number of aromatic amines is 1. The smallest absolute Gasteiger partial charge is 0.255 e. The Morgan fingerprint density at radius 3 is 2.42 bits per heavy atom. The lowest BCUT2D eigenvalue weighted by atomic mass is 9.52. The summed E-state index contributed by atoms with van der Waals surface area (Å²) in [6, 6.07) is 4.81. The van der Waals surface area contributed by atoms with Gasteiger partial charge in [0.25, 0.3) is 5.91 Å². The van der Waals surface area contributed by atoms with Crippen molar-refractivity contribution in [1.29, 1.82) is 0 Å². The van der Waals surface area contributed by atoms with Crippen molar-refractivity contribution in [2.24, 2.45) is 11.8 Å². The lowest BCUT2D eigenvalue weighted by Gasteiger charge is -2.58. The lowest BCUT2D eigenvalue weighted by molar-refractivity contribution is -0.175. The number of anilines is 1. The van der Waals surface area contributed by atoms with Gasteiger partial charge < -0.3 is 10.4 Å². The lowest BCUT2D eigenvalue weighted by Crippen LogP contribution is -2.63. The van der Waals surface area contributed by atoms with Crippen molar-refractivity contribution >= 4 is 33.0 Å². The number of aliphatic hydroxyl groups is 1. The van der Waals surface area contributed by atoms with Gasteiger partial charge in [-0.05, 0) is 59.7 Å². The van der Waals surface area contributed by atoms with Gasteiger partial charge in [-0.3, -0.25) is 4.79 Å². The molecule has 190 valence electrons. The van der Waals surface area contributed by atoms with E-state index in [0.717, 1.165) is 6.07 Å². The van der Waals surface area contributed by atoms with E-state index in [0.29, 0.717) is 24.4 Å². The maximum absolute atomic E-state index is 13.5. The molecule has 2 atom stereocenters. The van der Waals surface area contributed by atoms with Crippen molar-refractivity contribution in [1.82, 2.24) is 20.6 Å². The van der Waals surface area contributed by atoms with Crippen LogP contribution in [0.4, 0.5) is 18.9 Å². The molecule has 3 fully saturated rings. The van der Waals surface area contributed by atoms with Gasteiger partial charge >= 0.3 is 0 Å². The molecule has 3 aliphatic rings. The van der Waals surface area contributed by atoms with Crippen LogP contribution in [0.5, 0.6) is 0 Å². The molecular formula is C22H19ClF3N5O4S. The quantitative estimate of drug-likeness (QED) is 0.408. The van der Waals surface area contributed by atoms with Gasteiger partial charge in [-0.25, -0.2) is 26.7 Å². The number of fused-ring (bicyclic) bond motifs is 2. The van der Waals surface area contributed by atoms with Gasteiger partial charge in [0, 0.05) is 29.8 Å². The molecule has 9 nitrogen and oxygen atoms in total. The van der Waals surface area contributed by atoms with Crippen molar-refractivity contribution in [2.75, 3.05) is 5.32 Å². The highest BCUT2D eigenvalue weighted by Gasteiger charge is 2.60. The Labute approximate surface area is 208 Å². The van der Waals surface area contributed by atoms with Crippen LogP contribution in [0.1, 0.15) is 35.4 Å². The van der Waals surface area contributed by atoms with Gasteiger partial charge in [-0.15, -0.1) is 5.10 Å². The maximum Gasteiger partial charge on any atom is 0.255 e. The standard InChI is InChI=1S/C22H19ClF3N5O4S/c23-15-2-1-10(21(32)27-13-7-16(24)20(26)17(25)8-13)3-18(15)36(34,35)14-5-11-4-12(6-14)22(11,33)9-19-28-30-31-29-19/h1-3,7-8,11-12,14,33H,4-6,9H2,(H,27,32)(H,28,29,30,31). The highest BCUT2D eigenvalue weighted by Crippen LogP contribution is 2.56. The molecule has 1 amide bonds. The Morgan fingerprint density at radius 1 is 1.14 bits per heavy atom. The predicted molar refractivity (Wildman–Crippen MR) is 120 cm³/mol. The van der Waals surface area contributed by atoms with Crippen LogP contribution in [0.25, 0.3) is 0 Å². The SMILES string of the molecule is O=C(Nc1cc(F)c(F)c(F)c1)c1ccc(Cl)c(S(=O)(=O)C2CC3CC(C2)C3(O)Cc2nnn[nH]2)c1. The van der Waals surface area contributed by atoms with Crippen LogP contribution >= 0.6 is 11.6 Å². The average molecular weight is 542 g/mol. The number of nitrogens with one attached hydrogen (secondary N) is 2. The number of sulfone groups is 1. The van der Waals surface area contributed by atoms with Crippen LogP contribution in [0.15, 0.2) is 35.2 Å². The van der Waals surface area contributed by atoms with E-state index in [9.17, 15) is 31.5 Å². The van der Waals surface area contributed by atoms with E-state index in [1.165, 1.54) is 12.1 Å². The number of tetrazole rings is 1. The maximum atomic E-state index is 13.5. The molecule has 3 aromatic rings. The van der Waals surface area contributed by atoms with Gasteiger partial charge in [0.05, 0.1) is 20.8 Å². The van der Waals surface area contributed by atoms with Crippen molar-refractivity contribution in [3.8, 4) is 0 Å². The van der Waals surface area contributed by atoms with Crippen molar-refractivity contribution < 1.29 is 31.5 Å². The fourth-order valence-electron chi connectivity index (χ4n) is 5.19. The first-order chi connectivity index (χ1) is 17.0. The van der Waals surface area contributed by atoms with Gasteiger partial charge in [-0.1, -0.05) is 11.6 Å². The number of hydrogen-bond acceptors (Lipinski definition) is 7. The molecular weight excluding hydrogens is 523 g/mol. The molecule has 1 aromatic heterocycles. The molecule has 0 spiro atoms. The molecule has 0 aliphatic heterocycles. The summed E-state index contributed by atoms with van der Waals surface area (Å²) >= 11 is 6.19. The van der Waals surface area contributed by atoms with Crippen LogP contribution < -0.4 is 5.32 Å². The third-order valence-corrected chi connectivity index (χ3v) is 9.75. The zero-order valence-corrected chi connectivity index (χ0v) is 20.0. The molecule has 3 saturated carbocycles. The summed E-state index contributed by atoms with van der Waals surface area (Å²) in [5.41, 5.74) is -1.58. The second-order valence-electron chi connectivity index (χ2n) is 9.14. The van der Waals surface area contributed by atoms with Crippen molar-refractivity contribution in [3.63, 3.8) is 0 Å². The van der Waals surface area contributed by atoms with Crippen molar-refractivity contribution in [2.45, 2.75) is 41.4 Å². The van der Waals surface area contributed by atoms with E-state index < -0.39 is 44.0 Å². The summed E-state index contributed by atoms with van der Waals surface area (Å²) in [4.78, 5) is 12.4. The van der Waals surface area contributed by atoms with E-state index in [2.05, 4.69) is 25.9 Å². The summed E-state index contributed by atoms with van der Waals surface area (Å²) in [7, 11) is -4.00. The zero-order chi connectivity index (χ0) is 25.8. The molecule has 2 aromatic carbocycles. The minimum Gasteiger partial charge on any atom is -0.389 e. The second kappa shape index (κ2) is 8.82. The Hall–Kier alpha value is -3.03. The number of hydrogen-bond donors (Lipinski definition) is 3. The normalized spacial score (nSPS) is 25.3. The number of H-pyrrole nitrogens is 1. The van der Waals surface area contributed by atoms with Crippen LogP contribution in [0.3, 0.4) is 0 Å². The summed E-state index contributed by atoms with van der Waals surface area (Å²) < 4.78 is 67.1. The number of aromatic nitrogens is 4. The van der Waals surface area contributed by atoms with E-state index >= 15 is 0 Å². The molecule has 14 heteroatoms. The first-order valence-electron chi connectivity index (χ1n) is 10.9. The van der Waals surface area contributed by atoms with Crippen LogP contribution in [0, 0.1) is 29.3 Å². The predicted octanol–water partition coefficient (Wildman–Crippen LogP) is 3.07. The topological polar surface area (TPSA) is 138 Å². The Kier molecular flexibility index (Phi) is 6.04. The third kappa shape index (κ3) is 4.14. The molecule has 1 heterocycles. The Bertz CT molecular complexity index is 1420. The third-order valence-electron chi connectivity index (χ3n) is 7.10. The first kappa shape index (κ1) is 24.7. The molecule has 6 rings (SSSR count). The number of nitrogens with zero attached hydrogens (tertiary/aromatic N) is 3. The number of rotatable bonds is 6. The molecule has 2 unspecified atom stereocenters. The largest absolute Gasteiger partial charge is 0.389 e. The summed E-state index contributed by atoms with van der Waals surface area (Å²) in [5.74, 6) is -5.67. The molecule has 3 N–H and O–H groups in total. The Morgan fingerprint density at radius 2 is 1.81 bits per heavy atom. The molecule has 0 radical (unpaired) electrons. The summed E-state index contributed by atoms with van der Waals surface area (Å²) in [6.07, 6.45) is 1.24. The molecule has 2 bridgehead atoms. The summed E-state index contributed by atoms with van der Waals surface area (Å²) in [5, 5.41) is 25.8. The molecule has 3 aliphatic carbocycles. The fraction of sp³-hybridized carbons (Fsp3) is 0.364. The van der Waals surface area contributed by atoms with Crippen molar-refractivity contribution in [3.05, 3.63) is 64.2 Å². The molecule has 0 saturated heterocycles. The van der Waals surface area contributed by atoms with Crippen LogP contribution in [-0.4, -0.2) is 50.9 Å². The highest BCUT2D eigenvalue weighted by molar-refractivity contribution is 7.92. The average Bonchev–Trinajstić information content (AvgIpc) is 3.35. The molecule has 36 heavy (non-hydrogen) atoms. The van der Waals surface area contributed by atoms with E-state index in [1.54, 1.807) is 0 Å². The number of carbonyl (C=O) groups is 1. The van der Waals surface area contributed by atoms with E-state index in [1.807, 2.05) is 0 Å². The minimum atomic E-state index is -4.00. The van der Waals surface area contributed by atoms with Gasteiger partial charge in [0.1, 0.15) is 0 Å². The number of halogens is 4. The minimum absolute atomic E-state index is 0.0901. The van der Waals surface area contributed by atoms with Crippen LogP contribution in [0.2, 0.25) is 5.02 Å². The number of amides is 1. The van der Waals surface area contributed by atoms with Gasteiger partial charge in [0.2, 0.25) is 0 Å². The van der Waals surface area contributed by atoms with Crippen LogP contribution in [-0.2, 0) is 16.3 Å². The van der Waals surface area contributed by atoms with Gasteiger partial charge in [0.15, 0.2) is 33.1 Å². The summed E-state index contributed by atoms with van der Waals surface area (Å²) in [6.45, 7) is 0. The fourth-order valence-corrected chi connectivity index (χ4v) is 7.59. The highest BCUT2D eigenvalue weighted by atomic mass is 35.5. The second-order valence-corrected chi connectivity index (χ2v) is 11.7. The first-order valence-corrected chi connectivity index (χ1v) is 12.9. The van der Waals surface area contributed by atoms with E-state index in [4.69, 9.17) is 11.6 Å². The Balaban J connectivity index is 1.35. The monoisotopic (exact) mass is 541 g/mol. The number of benzene rings is 2. The van der Waals surface area contributed by atoms with Gasteiger partial charge in [-0.2, -0.15) is 0 Å². The van der Waals surface area contributed by atoms with E-state index in [-0.39, 0.29) is 52.3 Å². The zero-order valence-electron chi connectivity index (χ0n) is 18.4.